The second kappa shape index (κ2) is 7.97. The van der Waals surface area contributed by atoms with Gasteiger partial charge in [0.2, 0.25) is 5.91 Å². The number of carbonyl (C=O) groups excluding carboxylic acids is 2. The molecule has 0 unspecified atom stereocenters. The minimum absolute atomic E-state index is 0.0622. The summed E-state index contributed by atoms with van der Waals surface area (Å²) in [6.45, 7) is 3.95. The minimum atomic E-state index is -0.344. The monoisotopic (exact) mass is 369 g/mol. The van der Waals surface area contributed by atoms with Gasteiger partial charge < -0.3 is 9.73 Å². The van der Waals surface area contributed by atoms with Crippen molar-refractivity contribution < 1.29 is 14.0 Å². The van der Waals surface area contributed by atoms with Gasteiger partial charge in [-0.3, -0.25) is 14.9 Å². The van der Waals surface area contributed by atoms with Gasteiger partial charge in [-0.2, -0.15) is 0 Å². The van der Waals surface area contributed by atoms with Crippen LogP contribution >= 0.6 is 11.3 Å². The summed E-state index contributed by atoms with van der Waals surface area (Å²) in [6.07, 6.45) is 2.27. The lowest BCUT2D eigenvalue weighted by Crippen LogP contribution is -2.13. The first-order valence-electron chi connectivity index (χ1n) is 8.17. The average molecular weight is 369 g/mol. The maximum absolute atomic E-state index is 12.2. The summed E-state index contributed by atoms with van der Waals surface area (Å²) >= 11 is 1.32. The number of nitrogens with one attached hydrogen (secondary N) is 2. The Morgan fingerprint density at radius 3 is 2.81 bits per heavy atom. The van der Waals surface area contributed by atoms with Gasteiger partial charge in [-0.25, -0.2) is 4.98 Å². The molecule has 0 aliphatic rings. The zero-order valence-corrected chi connectivity index (χ0v) is 15.4. The molecular weight excluding hydrogens is 350 g/mol. The van der Waals surface area contributed by atoms with Crippen LogP contribution in [0.25, 0.3) is 0 Å². The predicted molar refractivity (Wildman–Crippen MR) is 102 cm³/mol. The van der Waals surface area contributed by atoms with Gasteiger partial charge in [0.1, 0.15) is 0 Å². The topological polar surface area (TPSA) is 84.2 Å². The number of thiazole rings is 1. The zero-order chi connectivity index (χ0) is 18.5. The molecule has 0 aliphatic heterocycles. The highest BCUT2D eigenvalue weighted by atomic mass is 32.1. The van der Waals surface area contributed by atoms with Crippen molar-refractivity contribution in [2.45, 2.75) is 26.7 Å². The second-order valence-electron chi connectivity index (χ2n) is 5.94. The molecule has 0 atom stereocenters. The first kappa shape index (κ1) is 17.9. The smallest absolute Gasteiger partial charge is 0.293 e. The number of benzene rings is 1. The van der Waals surface area contributed by atoms with E-state index in [0.29, 0.717) is 18.0 Å². The van der Waals surface area contributed by atoms with Crippen molar-refractivity contribution in [3.8, 4) is 0 Å². The number of hydrogen-bond donors (Lipinski definition) is 2. The molecule has 134 valence electrons. The molecular formula is C19H19N3O3S. The molecule has 2 heterocycles. The van der Waals surface area contributed by atoms with Crippen molar-refractivity contribution in [1.29, 1.82) is 0 Å². The number of nitrogens with zero attached hydrogens (tertiary/aromatic N) is 1. The Labute approximate surface area is 155 Å². The first-order valence-corrected chi connectivity index (χ1v) is 9.05. The highest BCUT2D eigenvalue weighted by molar-refractivity contribution is 7.13. The molecule has 0 aliphatic carbocycles. The van der Waals surface area contributed by atoms with E-state index in [2.05, 4.69) is 15.6 Å². The fourth-order valence-electron chi connectivity index (χ4n) is 2.37. The van der Waals surface area contributed by atoms with Gasteiger partial charge in [0.15, 0.2) is 10.9 Å². The van der Waals surface area contributed by atoms with Crippen molar-refractivity contribution in [1.82, 2.24) is 4.98 Å². The maximum atomic E-state index is 12.2. The van der Waals surface area contributed by atoms with Gasteiger partial charge in [-0.1, -0.05) is 12.1 Å². The van der Waals surface area contributed by atoms with Crippen LogP contribution < -0.4 is 10.6 Å². The van der Waals surface area contributed by atoms with E-state index in [-0.39, 0.29) is 17.6 Å². The van der Waals surface area contributed by atoms with Crippen LogP contribution in [0.5, 0.6) is 0 Å². The summed E-state index contributed by atoms with van der Waals surface area (Å²) in [6, 6.07) is 9.19. The van der Waals surface area contributed by atoms with Crippen molar-refractivity contribution in [2.75, 3.05) is 10.6 Å². The Morgan fingerprint density at radius 1 is 1.19 bits per heavy atom. The first-order chi connectivity index (χ1) is 12.5. The summed E-state index contributed by atoms with van der Waals surface area (Å²) in [4.78, 5) is 28.4. The molecule has 2 N–H and O–H groups in total. The summed E-state index contributed by atoms with van der Waals surface area (Å²) in [5, 5.41) is 7.93. The van der Waals surface area contributed by atoms with E-state index < -0.39 is 0 Å². The van der Waals surface area contributed by atoms with Crippen molar-refractivity contribution in [3.05, 3.63) is 64.6 Å². The maximum Gasteiger partial charge on any atom is 0.293 e. The van der Waals surface area contributed by atoms with Gasteiger partial charge in [0, 0.05) is 17.5 Å². The van der Waals surface area contributed by atoms with E-state index in [1.807, 2.05) is 37.4 Å². The van der Waals surface area contributed by atoms with Crippen molar-refractivity contribution in [2.24, 2.45) is 0 Å². The van der Waals surface area contributed by atoms with Crippen LogP contribution in [-0.2, 0) is 11.2 Å². The number of aryl methyl sites for hydroxylation is 3. The number of furan rings is 1. The normalized spacial score (nSPS) is 10.5. The fraction of sp³-hybridized carbons (Fsp3) is 0.211. The van der Waals surface area contributed by atoms with E-state index in [4.69, 9.17) is 4.42 Å². The molecule has 0 spiro atoms. The molecule has 1 aromatic carbocycles. The van der Waals surface area contributed by atoms with E-state index in [1.54, 1.807) is 12.1 Å². The van der Waals surface area contributed by atoms with Gasteiger partial charge in [0.25, 0.3) is 5.91 Å². The van der Waals surface area contributed by atoms with Crippen LogP contribution in [0.3, 0.4) is 0 Å². The van der Waals surface area contributed by atoms with E-state index >= 15 is 0 Å². The predicted octanol–water partition coefficient (Wildman–Crippen LogP) is 4.18. The summed E-state index contributed by atoms with van der Waals surface area (Å²) in [5.41, 5.74) is 3.73. The lowest BCUT2D eigenvalue weighted by Gasteiger charge is -2.08. The molecule has 2 aromatic heterocycles. The number of aromatic nitrogens is 1. The fourth-order valence-corrected chi connectivity index (χ4v) is 3.11. The van der Waals surface area contributed by atoms with Crippen LogP contribution in [0, 0.1) is 13.8 Å². The molecule has 7 heteroatoms. The third-order valence-electron chi connectivity index (χ3n) is 3.79. The molecule has 3 rings (SSSR count). The Kier molecular flexibility index (Phi) is 5.48. The minimum Gasteiger partial charge on any atom is -0.459 e. The molecule has 0 saturated carbocycles. The number of rotatable bonds is 6. The van der Waals surface area contributed by atoms with Crippen LogP contribution in [0.1, 0.15) is 33.8 Å². The zero-order valence-electron chi connectivity index (χ0n) is 14.5. The van der Waals surface area contributed by atoms with Crippen molar-refractivity contribution >= 4 is 34.0 Å². The Hall–Kier alpha value is -2.93. The summed E-state index contributed by atoms with van der Waals surface area (Å²) in [7, 11) is 0. The lowest BCUT2D eigenvalue weighted by molar-refractivity contribution is -0.116. The average Bonchev–Trinajstić information content (AvgIpc) is 3.28. The number of anilines is 2. The molecule has 6 nitrogen and oxygen atoms in total. The van der Waals surface area contributed by atoms with E-state index in [1.165, 1.54) is 17.6 Å². The number of hydrogen-bond acceptors (Lipinski definition) is 5. The Balaban J connectivity index is 1.52. The molecule has 3 aromatic rings. The SMILES string of the molecule is Cc1ccc(C)c(NC(=O)CCc2csc(NC(=O)c3ccco3)n2)c1. The van der Waals surface area contributed by atoms with Crippen molar-refractivity contribution in [3.63, 3.8) is 0 Å². The van der Waals surface area contributed by atoms with Crippen LogP contribution in [-0.4, -0.2) is 16.8 Å². The summed E-state index contributed by atoms with van der Waals surface area (Å²) < 4.78 is 5.04. The van der Waals surface area contributed by atoms with Crippen LogP contribution in [0.15, 0.2) is 46.4 Å². The molecule has 26 heavy (non-hydrogen) atoms. The Bertz CT molecular complexity index is 916. The van der Waals surface area contributed by atoms with Crippen LogP contribution in [0.4, 0.5) is 10.8 Å². The van der Waals surface area contributed by atoms with E-state index in [0.717, 1.165) is 22.5 Å². The Morgan fingerprint density at radius 2 is 2.04 bits per heavy atom. The summed E-state index contributed by atoms with van der Waals surface area (Å²) in [5.74, 6) is -0.175. The van der Waals surface area contributed by atoms with Gasteiger partial charge >= 0.3 is 0 Å². The number of amides is 2. The largest absolute Gasteiger partial charge is 0.459 e. The standard InChI is InChI=1S/C19H19N3O3S/c1-12-5-6-13(2)15(10-12)21-17(23)8-7-14-11-26-19(20-14)22-18(24)16-4-3-9-25-16/h3-6,9-11H,7-8H2,1-2H3,(H,21,23)(H,20,22,24). The highest BCUT2D eigenvalue weighted by Crippen LogP contribution is 2.19. The molecule has 0 bridgehead atoms. The third kappa shape index (κ3) is 4.58. The molecule has 0 saturated heterocycles. The lowest BCUT2D eigenvalue weighted by atomic mass is 10.1. The molecule has 2 amide bonds. The van der Waals surface area contributed by atoms with Gasteiger partial charge in [-0.15, -0.1) is 11.3 Å². The number of carbonyl (C=O) groups is 2. The van der Waals surface area contributed by atoms with E-state index in [9.17, 15) is 9.59 Å². The van der Waals surface area contributed by atoms with Gasteiger partial charge in [-0.05, 0) is 49.6 Å². The highest BCUT2D eigenvalue weighted by Gasteiger charge is 2.12. The third-order valence-corrected chi connectivity index (χ3v) is 4.60. The molecule has 0 fully saturated rings. The second-order valence-corrected chi connectivity index (χ2v) is 6.80. The quantitative estimate of drug-likeness (QED) is 0.683. The van der Waals surface area contributed by atoms with Crippen LogP contribution in [0.2, 0.25) is 0 Å². The van der Waals surface area contributed by atoms with Gasteiger partial charge in [0.05, 0.1) is 12.0 Å². The molecule has 0 radical (unpaired) electrons.